The normalized spacial score (nSPS) is 13.3. The molecule has 1 unspecified atom stereocenters. The maximum absolute atomic E-state index is 13.9. The number of hydrogen-bond donors (Lipinski definition) is 1. The van der Waals surface area contributed by atoms with Gasteiger partial charge in [-0.1, -0.05) is 24.3 Å². The predicted octanol–water partition coefficient (Wildman–Crippen LogP) is 4.37. The number of rotatable bonds is 2. The fourth-order valence-electron chi connectivity index (χ4n) is 1.94. The fraction of sp³-hybridized carbons (Fsp3) is 0.200. The number of halogens is 5. The summed E-state index contributed by atoms with van der Waals surface area (Å²) in [6.07, 6.45) is -6.54. The molecule has 0 amide bonds. The second kappa shape index (κ2) is 5.44. The average molecular weight is 302 g/mol. The zero-order valence-electron chi connectivity index (χ0n) is 10.9. The predicted molar refractivity (Wildman–Crippen MR) is 66.6 cm³/mol. The second-order valence-electron chi connectivity index (χ2n) is 4.62. The van der Waals surface area contributed by atoms with E-state index in [0.717, 1.165) is 18.2 Å². The highest BCUT2D eigenvalue weighted by molar-refractivity contribution is 5.36. The van der Waals surface area contributed by atoms with Crippen molar-refractivity contribution in [1.29, 1.82) is 0 Å². The largest absolute Gasteiger partial charge is 0.419 e. The molecule has 0 fully saturated rings. The van der Waals surface area contributed by atoms with Crippen molar-refractivity contribution in [2.75, 3.05) is 0 Å². The summed E-state index contributed by atoms with van der Waals surface area (Å²) < 4.78 is 65.2. The highest BCUT2D eigenvalue weighted by Crippen LogP contribution is 2.35. The molecule has 0 spiro atoms. The Hall–Kier alpha value is -1.95. The average Bonchev–Trinajstić information content (AvgIpc) is 2.40. The molecule has 2 rings (SSSR count). The lowest BCUT2D eigenvalue weighted by Gasteiger charge is -2.16. The van der Waals surface area contributed by atoms with Crippen molar-refractivity contribution in [1.82, 2.24) is 0 Å². The van der Waals surface area contributed by atoms with E-state index in [0.29, 0.717) is 11.6 Å². The molecule has 0 aliphatic heterocycles. The van der Waals surface area contributed by atoms with Gasteiger partial charge < -0.3 is 5.11 Å². The van der Waals surface area contributed by atoms with Crippen molar-refractivity contribution in [3.8, 4) is 0 Å². The molecular weight excluding hydrogens is 291 g/mol. The monoisotopic (exact) mass is 302 g/mol. The molecule has 0 aromatic heterocycles. The number of aliphatic hydroxyl groups excluding tert-OH is 1. The van der Waals surface area contributed by atoms with Gasteiger partial charge in [0.05, 0.1) is 5.56 Å². The zero-order chi connectivity index (χ0) is 15.8. The first-order valence-electron chi connectivity index (χ1n) is 6.01. The van der Waals surface area contributed by atoms with E-state index in [9.17, 15) is 27.1 Å². The third-order valence-electron chi connectivity index (χ3n) is 3.14. The molecule has 6 heteroatoms. The van der Waals surface area contributed by atoms with Crippen LogP contribution in [-0.2, 0) is 6.18 Å². The van der Waals surface area contributed by atoms with Crippen molar-refractivity contribution in [2.24, 2.45) is 0 Å². The maximum Gasteiger partial charge on any atom is 0.419 e. The zero-order valence-corrected chi connectivity index (χ0v) is 10.9. The third kappa shape index (κ3) is 3.05. The number of alkyl halides is 3. The van der Waals surface area contributed by atoms with E-state index in [1.807, 2.05) is 0 Å². The van der Waals surface area contributed by atoms with E-state index in [2.05, 4.69) is 0 Å². The van der Waals surface area contributed by atoms with Crippen LogP contribution in [0.1, 0.15) is 28.4 Å². The molecule has 0 aliphatic rings. The van der Waals surface area contributed by atoms with Crippen molar-refractivity contribution in [3.05, 3.63) is 70.3 Å². The quantitative estimate of drug-likeness (QED) is 0.817. The van der Waals surface area contributed by atoms with Crippen LogP contribution in [0.2, 0.25) is 0 Å². The van der Waals surface area contributed by atoms with Crippen LogP contribution < -0.4 is 0 Å². The van der Waals surface area contributed by atoms with Gasteiger partial charge in [0.15, 0.2) is 0 Å². The minimum atomic E-state index is -4.86. The highest BCUT2D eigenvalue weighted by atomic mass is 19.4. The highest BCUT2D eigenvalue weighted by Gasteiger charge is 2.35. The molecule has 0 aliphatic carbocycles. The Morgan fingerprint density at radius 3 is 2.29 bits per heavy atom. The van der Waals surface area contributed by atoms with Crippen LogP contribution in [0.5, 0.6) is 0 Å². The Kier molecular flexibility index (Phi) is 4.00. The molecular formula is C15H11F5O. The van der Waals surface area contributed by atoms with E-state index in [1.165, 1.54) is 19.1 Å². The molecule has 0 radical (unpaired) electrons. The van der Waals surface area contributed by atoms with Gasteiger partial charge in [0, 0.05) is 5.56 Å². The number of aliphatic hydroxyl groups is 1. The molecule has 0 saturated heterocycles. The topological polar surface area (TPSA) is 20.2 Å². The lowest BCUT2D eigenvalue weighted by Crippen LogP contribution is -2.12. The van der Waals surface area contributed by atoms with Gasteiger partial charge >= 0.3 is 6.18 Å². The molecule has 21 heavy (non-hydrogen) atoms. The Labute approximate surface area is 117 Å². The van der Waals surface area contributed by atoms with Gasteiger partial charge in [-0.05, 0) is 30.2 Å². The van der Waals surface area contributed by atoms with E-state index in [1.54, 1.807) is 0 Å². The van der Waals surface area contributed by atoms with E-state index in [-0.39, 0.29) is 5.56 Å². The van der Waals surface area contributed by atoms with Gasteiger partial charge in [0.1, 0.15) is 17.7 Å². The first-order valence-corrected chi connectivity index (χ1v) is 6.01. The molecule has 112 valence electrons. The minimum absolute atomic E-state index is 0.0173. The van der Waals surface area contributed by atoms with Crippen molar-refractivity contribution < 1.29 is 27.1 Å². The van der Waals surface area contributed by atoms with E-state index in [4.69, 9.17) is 0 Å². The molecule has 0 saturated carbocycles. The SMILES string of the molecule is Cc1ccc(C(O)c2cccc(C(F)(F)F)c2F)cc1F. The van der Waals surface area contributed by atoms with Crippen LogP contribution in [-0.4, -0.2) is 5.11 Å². The second-order valence-corrected chi connectivity index (χ2v) is 4.62. The summed E-state index contributed by atoms with van der Waals surface area (Å²) in [7, 11) is 0. The Morgan fingerprint density at radius 2 is 1.71 bits per heavy atom. The van der Waals surface area contributed by atoms with Crippen molar-refractivity contribution >= 4 is 0 Å². The maximum atomic E-state index is 13.9. The van der Waals surface area contributed by atoms with Crippen molar-refractivity contribution in [2.45, 2.75) is 19.2 Å². The van der Waals surface area contributed by atoms with Crippen LogP contribution in [0.15, 0.2) is 36.4 Å². The van der Waals surface area contributed by atoms with E-state index >= 15 is 0 Å². The first-order chi connectivity index (χ1) is 9.71. The summed E-state index contributed by atoms with van der Waals surface area (Å²) in [6.45, 7) is 1.50. The van der Waals surface area contributed by atoms with Crippen LogP contribution in [0.25, 0.3) is 0 Å². The third-order valence-corrected chi connectivity index (χ3v) is 3.14. The summed E-state index contributed by atoms with van der Waals surface area (Å²) in [5.41, 5.74) is -1.72. The number of benzene rings is 2. The van der Waals surface area contributed by atoms with E-state index < -0.39 is 35.0 Å². The van der Waals surface area contributed by atoms with Gasteiger partial charge in [0.25, 0.3) is 0 Å². The van der Waals surface area contributed by atoms with Gasteiger partial charge in [-0.2, -0.15) is 13.2 Å². The Bertz CT molecular complexity index is 664. The Morgan fingerprint density at radius 1 is 1.05 bits per heavy atom. The first kappa shape index (κ1) is 15.4. The number of hydrogen-bond acceptors (Lipinski definition) is 1. The summed E-state index contributed by atoms with van der Waals surface area (Å²) in [6, 6.07) is 6.28. The fourth-order valence-corrected chi connectivity index (χ4v) is 1.94. The summed E-state index contributed by atoms with van der Waals surface area (Å²) in [5.74, 6) is -2.18. The lowest BCUT2D eigenvalue weighted by molar-refractivity contribution is -0.140. The standard InChI is InChI=1S/C15H11F5O/c1-8-5-6-9(7-12(8)16)14(21)10-3-2-4-11(13(10)17)15(18,19)20/h2-7,14,21H,1H3. The van der Waals surface area contributed by atoms with Crippen LogP contribution in [0.3, 0.4) is 0 Å². The summed E-state index contributed by atoms with van der Waals surface area (Å²) in [5, 5.41) is 10.0. The minimum Gasteiger partial charge on any atom is -0.384 e. The molecule has 1 nitrogen and oxygen atoms in total. The molecule has 1 N–H and O–H groups in total. The van der Waals surface area contributed by atoms with Crippen molar-refractivity contribution in [3.63, 3.8) is 0 Å². The molecule has 2 aromatic rings. The van der Waals surface area contributed by atoms with Gasteiger partial charge in [-0.15, -0.1) is 0 Å². The summed E-state index contributed by atoms with van der Waals surface area (Å²) in [4.78, 5) is 0. The number of aryl methyl sites for hydroxylation is 1. The molecule has 2 aromatic carbocycles. The molecule has 0 bridgehead atoms. The summed E-state index contributed by atoms with van der Waals surface area (Å²) >= 11 is 0. The lowest BCUT2D eigenvalue weighted by atomic mass is 9.98. The molecule has 1 atom stereocenters. The smallest absolute Gasteiger partial charge is 0.384 e. The van der Waals surface area contributed by atoms with Gasteiger partial charge in [-0.25, -0.2) is 8.78 Å². The Balaban J connectivity index is 2.48. The van der Waals surface area contributed by atoms with Crippen LogP contribution in [0, 0.1) is 18.6 Å². The van der Waals surface area contributed by atoms with Crippen LogP contribution >= 0.6 is 0 Å². The molecule has 0 heterocycles. The van der Waals surface area contributed by atoms with Gasteiger partial charge in [-0.3, -0.25) is 0 Å². The van der Waals surface area contributed by atoms with Crippen LogP contribution in [0.4, 0.5) is 22.0 Å². The van der Waals surface area contributed by atoms with Gasteiger partial charge in [0.2, 0.25) is 0 Å².